The molecule has 5 nitrogen and oxygen atoms in total. The third-order valence-electron chi connectivity index (χ3n) is 6.11. The van der Waals surface area contributed by atoms with Gasteiger partial charge in [0, 0.05) is 28.1 Å². The number of piperidine rings is 1. The van der Waals surface area contributed by atoms with Gasteiger partial charge in [0.05, 0.1) is 11.3 Å². The van der Waals surface area contributed by atoms with E-state index in [0.717, 1.165) is 9.13 Å². The lowest BCUT2D eigenvalue weighted by atomic mass is 9.68. The highest BCUT2D eigenvalue weighted by Gasteiger charge is 2.43. The van der Waals surface area contributed by atoms with Crippen LogP contribution in [-0.4, -0.2) is 43.5 Å². The molecule has 1 fully saturated rings. The zero-order valence-corrected chi connectivity index (χ0v) is 20.4. The maximum absolute atomic E-state index is 13.0. The molecule has 1 saturated heterocycles. The lowest BCUT2D eigenvalue weighted by molar-refractivity contribution is 0.0894. The molecular weight excluding hydrogens is 511 g/mol. The van der Waals surface area contributed by atoms with Gasteiger partial charge in [-0.1, -0.05) is 49.4 Å². The molecule has 7 heteroatoms. The normalized spacial score (nSPS) is 18.0. The van der Waals surface area contributed by atoms with Crippen molar-refractivity contribution in [1.82, 2.24) is 9.62 Å². The molecule has 1 unspecified atom stereocenters. The number of benzene rings is 2. The fourth-order valence-electron chi connectivity index (χ4n) is 4.35. The van der Waals surface area contributed by atoms with E-state index in [-0.39, 0.29) is 23.1 Å². The highest BCUT2D eigenvalue weighted by atomic mass is 127. The zero-order valence-electron chi connectivity index (χ0n) is 17.5. The number of nitrogens with zero attached hydrogens (tertiary/aromatic N) is 1. The van der Waals surface area contributed by atoms with Gasteiger partial charge in [-0.25, -0.2) is 12.7 Å². The summed E-state index contributed by atoms with van der Waals surface area (Å²) in [7, 11) is -3.22. The Balaban J connectivity index is 1.85. The first-order chi connectivity index (χ1) is 14.3. The van der Waals surface area contributed by atoms with Crippen LogP contribution >= 0.6 is 22.6 Å². The minimum absolute atomic E-state index is 0.0937. The second-order valence-corrected chi connectivity index (χ2v) is 11.2. The predicted octanol–water partition coefficient (Wildman–Crippen LogP) is 4.18. The predicted molar refractivity (Wildman–Crippen MR) is 129 cm³/mol. The molecule has 2 aromatic carbocycles. The molecule has 0 aliphatic carbocycles. The van der Waals surface area contributed by atoms with Crippen LogP contribution in [0.3, 0.4) is 0 Å². The van der Waals surface area contributed by atoms with Crippen LogP contribution < -0.4 is 5.32 Å². The molecule has 30 heavy (non-hydrogen) atoms. The monoisotopic (exact) mass is 540 g/mol. The molecule has 0 radical (unpaired) electrons. The fourth-order valence-corrected chi connectivity index (χ4v) is 6.50. The van der Waals surface area contributed by atoms with E-state index < -0.39 is 10.0 Å². The van der Waals surface area contributed by atoms with Gasteiger partial charge in [0.1, 0.15) is 0 Å². The highest BCUT2D eigenvalue weighted by molar-refractivity contribution is 14.1. The Morgan fingerprint density at radius 2 is 1.70 bits per heavy atom. The number of rotatable bonds is 7. The van der Waals surface area contributed by atoms with Crippen LogP contribution in [0.25, 0.3) is 0 Å². The topological polar surface area (TPSA) is 66.5 Å². The standard InChI is InChI=1S/C23H29IN2O3S/c1-3-17-30(28,29)26-15-13-23(14-16-26,19-9-5-4-6-10-19)18(2)25-22(27)20-11-7-8-12-21(20)24/h4-12,18H,3,13-17H2,1-2H3,(H,25,27). The molecule has 0 aromatic heterocycles. The number of hydrogen-bond donors (Lipinski definition) is 1. The molecule has 0 saturated carbocycles. The summed E-state index contributed by atoms with van der Waals surface area (Å²) in [6.07, 6.45) is 1.96. The molecule has 1 aliphatic rings. The van der Waals surface area contributed by atoms with Gasteiger partial charge in [-0.15, -0.1) is 0 Å². The van der Waals surface area contributed by atoms with E-state index in [1.54, 1.807) is 4.31 Å². The molecule has 1 N–H and O–H groups in total. The summed E-state index contributed by atoms with van der Waals surface area (Å²) in [6.45, 7) is 4.87. The van der Waals surface area contributed by atoms with E-state index in [1.165, 1.54) is 0 Å². The Morgan fingerprint density at radius 1 is 1.10 bits per heavy atom. The minimum atomic E-state index is -3.22. The summed E-state index contributed by atoms with van der Waals surface area (Å²) in [5, 5.41) is 3.21. The van der Waals surface area contributed by atoms with Gasteiger partial charge in [0.25, 0.3) is 5.91 Å². The lowest BCUT2D eigenvalue weighted by Gasteiger charge is -2.45. The van der Waals surface area contributed by atoms with E-state index in [2.05, 4.69) is 40.0 Å². The van der Waals surface area contributed by atoms with Crippen molar-refractivity contribution in [3.8, 4) is 0 Å². The van der Waals surface area contributed by atoms with Gasteiger partial charge >= 0.3 is 0 Å². The van der Waals surface area contributed by atoms with Crippen molar-refractivity contribution >= 4 is 38.5 Å². The van der Waals surface area contributed by atoms with Crippen LogP contribution in [-0.2, 0) is 15.4 Å². The molecule has 1 aliphatic heterocycles. The minimum Gasteiger partial charge on any atom is -0.349 e. The number of amides is 1. The summed E-state index contributed by atoms with van der Waals surface area (Å²) < 4.78 is 27.6. The molecule has 2 aromatic rings. The molecule has 1 atom stereocenters. The quantitative estimate of drug-likeness (QED) is 0.536. The van der Waals surface area contributed by atoms with Crippen LogP contribution in [0, 0.1) is 3.57 Å². The Hall–Kier alpha value is -1.45. The van der Waals surface area contributed by atoms with E-state index in [1.807, 2.05) is 56.3 Å². The third kappa shape index (κ3) is 4.89. The number of halogens is 1. The maximum Gasteiger partial charge on any atom is 0.252 e. The molecule has 162 valence electrons. The van der Waals surface area contributed by atoms with Crippen molar-refractivity contribution in [2.75, 3.05) is 18.8 Å². The van der Waals surface area contributed by atoms with Gasteiger partial charge < -0.3 is 5.32 Å². The Labute approximate surface area is 193 Å². The van der Waals surface area contributed by atoms with Crippen LogP contribution in [0.5, 0.6) is 0 Å². The van der Waals surface area contributed by atoms with Crippen molar-refractivity contribution in [3.63, 3.8) is 0 Å². The van der Waals surface area contributed by atoms with Gasteiger partial charge in [0.15, 0.2) is 0 Å². The van der Waals surface area contributed by atoms with Crippen molar-refractivity contribution in [3.05, 3.63) is 69.3 Å². The first-order valence-corrected chi connectivity index (χ1v) is 13.1. The van der Waals surface area contributed by atoms with Crippen LogP contribution in [0.2, 0.25) is 0 Å². The largest absolute Gasteiger partial charge is 0.349 e. The average Bonchev–Trinajstić information content (AvgIpc) is 2.74. The Bertz CT molecular complexity index is 971. The Kier molecular flexibility index (Phi) is 7.57. The number of sulfonamides is 1. The number of carbonyl (C=O) groups excluding carboxylic acids is 1. The van der Waals surface area contributed by atoms with Crippen LogP contribution in [0.1, 0.15) is 49.0 Å². The smallest absolute Gasteiger partial charge is 0.252 e. The van der Waals surface area contributed by atoms with Gasteiger partial charge in [-0.2, -0.15) is 0 Å². The molecular formula is C23H29IN2O3S. The van der Waals surface area contributed by atoms with Gasteiger partial charge in [-0.05, 0) is 66.5 Å². The average molecular weight is 540 g/mol. The number of carbonyl (C=O) groups is 1. The first kappa shape index (κ1) is 23.2. The van der Waals surface area contributed by atoms with E-state index >= 15 is 0 Å². The maximum atomic E-state index is 13.0. The lowest BCUT2D eigenvalue weighted by Crippen LogP contribution is -2.55. The molecule has 1 amide bonds. The van der Waals surface area contributed by atoms with E-state index in [0.29, 0.717) is 37.9 Å². The van der Waals surface area contributed by atoms with Gasteiger partial charge in [0.2, 0.25) is 10.0 Å². The van der Waals surface area contributed by atoms with E-state index in [4.69, 9.17) is 0 Å². The molecule has 3 rings (SSSR count). The highest BCUT2D eigenvalue weighted by Crippen LogP contribution is 2.39. The summed E-state index contributed by atoms with van der Waals surface area (Å²) in [5.41, 5.74) is 1.50. The zero-order chi connectivity index (χ0) is 21.8. The van der Waals surface area contributed by atoms with Crippen molar-refractivity contribution in [2.45, 2.75) is 44.6 Å². The van der Waals surface area contributed by atoms with Crippen LogP contribution in [0.15, 0.2) is 54.6 Å². The SMILES string of the molecule is CCCS(=O)(=O)N1CCC(c2ccccc2)(C(C)NC(=O)c2ccccc2I)CC1. The summed E-state index contributed by atoms with van der Waals surface area (Å²) >= 11 is 2.18. The second kappa shape index (κ2) is 9.78. The number of hydrogen-bond acceptors (Lipinski definition) is 3. The summed E-state index contributed by atoms with van der Waals surface area (Å²) in [5.74, 6) is 0.0909. The molecule has 0 bridgehead atoms. The van der Waals surface area contributed by atoms with Crippen LogP contribution in [0.4, 0.5) is 0 Å². The van der Waals surface area contributed by atoms with Crippen molar-refractivity contribution < 1.29 is 13.2 Å². The van der Waals surface area contributed by atoms with E-state index in [9.17, 15) is 13.2 Å². The fraction of sp³-hybridized carbons (Fsp3) is 0.435. The summed E-state index contributed by atoms with van der Waals surface area (Å²) in [6, 6.07) is 17.6. The second-order valence-electron chi connectivity index (χ2n) is 7.91. The first-order valence-electron chi connectivity index (χ1n) is 10.4. The molecule has 1 heterocycles. The Morgan fingerprint density at radius 3 is 2.30 bits per heavy atom. The molecule has 0 spiro atoms. The van der Waals surface area contributed by atoms with Gasteiger partial charge in [-0.3, -0.25) is 4.79 Å². The summed E-state index contributed by atoms with van der Waals surface area (Å²) in [4.78, 5) is 13.0. The third-order valence-corrected chi connectivity index (χ3v) is 9.13. The van der Waals surface area contributed by atoms with Crippen molar-refractivity contribution in [1.29, 1.82) is 0 Å². The van der Waals surface area contributed by atoms with Crippen molar-refractivity contribution in [2.24, 2.45) is 0 Å². The number of nitrogens with one attached hydrogen (secondary N) is 1.